The number of ether oxygens (including phenoxy) is 2. The summed E-state index contributed by atoms with van der Waals surface area (Å²) in [4.78, 5) is 2.12. The van der Waals surface area contributed by atoms with E-state index in [1.165, 1.54) is 6.26 Å². The second-order valence-corrected chi connectivity index (χ2v) is 7.77. The van der Waals surface area contributed by atoms with Gasteiger partial charge in [0.2, 0.25) is 0 Å². The predicted octanol–water partition coefficient (Wildman–Crippen LogP) is 1.08. The Hall–Kier alpha value is -1.27. The first-order valence-electron chi connectivity index (χ1n) is 6.83. The summed E-state index contributed by atoms with van der Waals surface area (Å²) in [5.74, 6) is 1.60. The normalized spacial score (nSPS) is 20.2. The minimum absolute atomic E-state index is 0.220. The average molecular weight is 297 g/mol. The highest BCUT2D eigenvalue weighted by molar-refractivity contribution is 7.91. The second-order valence-electron chi connectivity index (χ2n) is 5.44. The molecule has 0 spiro atoms. The number of hydrogen-bond acceptors (Lipinski definition) is 5. The smallest absolute Gasteiger partial charge is 0.165 e. The number of nitrogens with zero attached hydrogens (tertiary/aromatic N) is 1. The van der Waals surface area contributed by atoms with Crippen LogP contribution in [-0.4, -0.2) is 51.1 Å². The minimum atomic E-state index is -2.91. The largest absolute Gasteiger partial charge is 0.490 e. The number of likely N-dealkylation sites (tertiary alicyclic amines) is 1. The lowest BCUT2D eigenvalue weighted by molar-refractivity contribution is 0.173. The van der Waals surface area contributed by atoms with Gasteiger partial charge in [-0.1, -0.05) is 12.1 Å². The predicted molar refractivity (Wildman–Crippen MR) is 76.0 cm³/mol. The average Bonchev–Trinajstić information content (AvgIpc) is 2.57. The van der Waals surface area contributed by atoms with Crippen molar-refractivity contribution < 1.29 is 17.9 Å². The van der Waals surface area contributed by atoms with Crippen LogP contribution in [0.25, 0.3) is 0 Å². The SMILES string of the molecule is CS(=O)(=O)C1CN(Cc2cccc3c2OCCCO3)C1. The van der Waals surface area contributed by atoms with E-state index in [0.29, 0.717) is 32.8 Å². The van der Waals surface area contributed by atoms with E-state index in [4.69, 9.17) is 9.47 Å². The molecule has 3 rings (SSSR count). The Balaban J connectivity index is 1.70. The maximum absolute atomic E-state index is 11.4. The molecule has 0 aliphatic carbocycles. The van der Waals surface area contributed by atoms with Gasteiger partial charge < -0.3 is 9.47 Å². The fourth-order valence-corrected chi connectivity index (χ4v) is 3.51. The fraction of sp³-hybridized carbons (Fsp3) is 0.571. The molecule has 1 aromatic carbocycles. The summed E-state index contributed by atoms with van der Waals surface area (Å²) < 4.78 is 34.3. The van der Waals surface area contributed by atoms with E-state index in [-0.39, 0.29) is 5.25 Å². The van der Waals surface area contributed by atoms with Gasteiger partial charge in [-0.25, -0.2) is 8.42 Å². The number of fused-ring (bicyclic) bond motifs is 1. The number of benzene rings is 1. The Kier molecular flexibility index (Phi) is 3.60. The van der Waals surface area contributed by atoms with Crippen LogP contribution in [0.3, 0.4) is 0 Å². The van der Waals surface area contributed by atoms with E-state index >= 15 is 0 Å². The molecule has 0 saturated carbocycles. The van der Waals surface area contributed by atoms with Crippen LogP contribution in [0.1, 0.15) is 12.0 Å². The standard InChI is InChI=1S/C14H19NO4S/c1-20(16,17)12-9-15(10-12)8-11-4-2-5-13-14(11)19-7-3-6-18-13/h2,4-5,12H,3,6-10H2,1H3. The maximum atomic E-state index is 11.4. The first-order chi connectivity index (χ1) is 9.54. The van der Waals surface area contributed by atoms with Gasteiger partial charge in [0.1, 0.15) is 0 Å². The fourth-order valence-electron chi connectivity index (χ4n) is 2.54. The van der Waals surface area contributed by atoms with Gasteiger partial charge in [-0.05, 0) is 6.07 Å². The molecular formula is C14H19NO4S. The van der Waals surface area contributed by atoms with E-state index in [0.717, 1.165) is 23.5 Å². The van der Waals surface area contributed by atoms with Gasteiger partial charge in [-0.2, -0.15) is 0 Å². The zero-order chi connectivity index (χ0) is 14.2. The molecule has 2 aliphatic heterocycles. The molecule has 0 atom stereocenters. The Bertz CT molecular complexity index is 593. The van der Waals surface area contributed by atoms with Gasteiger partial charge in [-0.15, -0.1) is 0 Å². The van der Waals surface area contributed by atoms with Crippen molar-refractivity contribution in [1.82, 2.24) is 4.90 Å². The molecule has 0 unspecified atom stereocenters. The summed E-state index contributed by atoms with van der Waals surface area (Å²) >= 11 is 0. The highest BCUT2D eigenvalue weighted by Crippen LogP contribution is 2.34. The van der Waals surface area contributed by atoms with Gasteiger partial charge >= 0.3 is 0 Å². The molecule has 1 fully saturated rings. The molecule has 110 valence electrons. The number of para-hydroxylation sites is 1. The molecule has 0 radical (unpaired) electrons. The number of rotatable bonds is 3. The molecule has 5 nitrogen and oxygen atoms in total. The van der Waals surface area contributed by atoms with Gasteiger partial charge in [0.15, 0.2) is 21.3 Å². The van der Waals surface area contributed by atoms with Crippen molar-refractivity contribution in [3.63, 3.8) is 0 Å². The summed E-state index contributed by atoms with van der Waals surface area (Å²) in [5, 5.41) is -0.220. The lowest BCUT2D eigenvalue weighted by atomic mass is 10.1. The van der Waals surface area contributed by atoms with E-state index < -0.39 is 9.84 Å². The zero-order valence-corrected chi connectivity index (χ0v) is 12.4. The number of sulfone groups is 1. The Morgan fingerprint density at radius 3 is 2.75 bits per heavy atom. The van der Waals surface area contributed by atoms with Crippen LogP contribution in [0.2, 0.25) is 0 Å². The second kappa shape index (κ2) is 5.26. The summed E-state index contributed by atoms with van der Waals surface area (Å²) in [7, 11) is -2.91. The van der Waals surface area contributed by atoms with Crippen molar-refractivity contribution in [2.24, 2.45) is 0 Å². The lowest BCUT2D eigenvalue weighted by Crippen LogP contribution is -2.53. The monoisotopic (exact) mass is 297 g/mol. The third-order valence-corrected chi connectivity index (χ3v) is 5.29. The van der Waals surface area contributed by atoms with Crippen molar-refractivity contribution in [3.8, 4) is 11.5 Å². The first-order valence-corrected chi connectivity index (χ1v) is 8.78. The highest BCUT2D eigenvalue weighted by atomic mass is 32.2. The Morgan fingerprint density at radius 1 is 1.25 bits per heavy atom. The van der Waals surface area contributed by atoms with Gasteiger partial charge in [0.05, 0.1) is 18.5 Å². The third-order valence-electron chi connectivity index (χ3n) is 3.78. The zero-order valence-electron chi connectivity index (χ0n) is 11.5. The third kappa shape index (κ3) is 2.76. The van der Waals surface area contributed by atoms with Crippen molar-refractivity contribution in [3.05, 3.63) is 23.8 Å². The van der Waals surface area contributed by atoms with E-state index in [2.05, 4.69) is 4.90 Å². The summed E-state index contributed by atoms with van der Waals surface area (Å²) in [6.45, 7) is 3.25. The Labute approximate surface area is 119 Å². The molecule has 1 saturated heterocycles. The quantitative estimate of drug-likeness (QED) is 0.835. The molecule has 6 heteroatoms. The summed E-state index contributed by atoms with van der Waals surface area (Å²) in [6.07, 6.45) is 2.19. The summed E-state index contributed by atoms with van der Waals surface area (Å²) in [5.41, 5.74) is 1.07. The summed E-state index contributed by atoms with van der Waals surface area (Å²) in [6, 6.07) is 5.89. The van der Waals surface area contributed by atoms with Crippen LogP contribution in [0, 0.1) is 0 Å². The van der Waals surface area contributed by atoms with Crippen LogP contribution in [0.5, 0.6) is 11.5 Å². The van der Waals surface area contributed by atoms with Crippen molar-refractivity contribution >= 4 is 9.84 Å². The molecule has 1 aromatic rings. The molecule has 0 bridgehead atoms. The Morgan fingerprint density at radius 2 is 2.00 bits per heavy atom. The molecule has 2 heterocycles. The van der Waals surface area contributed by atoms with Gasteiger partial charge in [-0.3, -0.25) is 4.90 Å². The maximum Gasteiger partial charge on any atom is 0.165 e. The van der Waals surface area contributed by atoms with Gasteiger partial charge in [0, 0.05) is 37.9 Å². The van der Waals surface area contributed by atoms with Crippen molar-refractivity contribution in [2.75, 3.05) is 32.6 Å². The molecule has 20 heavy (non-hydrogen) atoms. The van der Waals surface area contributed by atoms with Crippen LogP contribution >= 0.6 is 0 Å². The minimum Gasteiger partial charge on any atom is -0.490 e. The van der Waals surface area contributed by atoms with Crippen LogP contribution in [-0.2, 0) is 16.4 Å². The van der Waals surface area contributed by atoms with Crippen LogP contribution in [0.15, 0.2) is 18.2 Å². The van der Waals surface area contributed by atoms with E-state index in [9.17, 15) is 8.42 Å². The van der Waals surface area contributed by atoms with Crippen molar-refractivity contribution in [1.29, 1.82) is 0 Å². The topological polar surface area (TPSA) is 55.8 Å². The molecule has 0 N–H and O–H groups in total. The van der Waals surface area contributed by atoms with E-state index in [1.54, 1.807) is 0 Å². The lowest BCUT2D eigenvalue weighted by Gasteiger charge is -2.38. The molecule has 0 aromatic heterocycles. The van der Waals surface area contributed by atoms with Crippen LogP contribution < -0.4 is 9.47 Å². The first kappa shape index (κ1) is 13.7. The van der Waals surface area contributed by atoms with Gasteiger partial charge in [0.25, 0.3) is 0 Å². The molecular weight excluding hydrogens is 278 g/mol. The number of hydrogen-bond donors (Lipinski definition) is 0. The van der Waals surface area contributed by atoms with E-state index in [1.807, 2.05) is 18.2 Å². The highest BCUT2D eigenvalue weighted by Gasteiger charge is 2.34. The molecule has 0 amide bonds. The van der Waals surface area contributed by atoms with Crippen LogP contribution in [0.4, 0.5) is 0 Å². The van der Waals surface area contributed by atoms with Crippen molar-refractivity contribution in [2.45, 2.75) is 18.2 Å². The molecule has 2 aliphatic rings.